The fourth-order valence-electron chi connectivity index (χ4n) is 1.73. The molecular weight excluding hydrogens is 244 g/mol. The van der Waals surface area contributed by atoms with Crippen molar-refractivity contribution >= 4 is 11.6 Å². The van der Waals surface area contributed by atoms with Gasteiger partial charge >= 0.3 is 0 Å². The molecule has 0 aromatic carbocycles. The smallest absolute Gasteiger partial charge is 0.243 e. The Bertz CT molecular complexity index is 512. The summed E-state index contributed by atoms with van der Waals surface area (Å²) >= 11 is 0. The second-order valence-corrected chi connectivity index (χ2v) is 4.28. The van der Waals surface area contributed by atoms with E-state index < -0.39 is 0 Å². The van der Waals surface area contributed by atoms with Crippen LogP contribution in [0.15, 0.2) is 18.3 Å². The van der Waals surface area contributed by atoms with E-state index in [1.807, 2.05) is 25.3 Å². The van der Waals surface area contributed by atoms with Gasteiger partial charge in [0.15, 0.2) is 5.65 Å². The molecule has 104 valence electrons. The summed E-state index contributed by atoms with van der Waals surface area (Å²) in [6.45, 7) is 4.81. The Morgan fingerprint density at radius 3 is 3.00 bits per heavy atom. The summed E-state index contributed by atoms with van der Waals surface area (Å²) < 4.78 is 12.1. The first-order valence-electron chi connectivity index (χ1n) is 6.44. The van der Waals surface area contributed by atoms with Gasteiger partial charge in [0.05, 0.1) is 13.2 Å². The van der Waals surface area contributed by atoms with Crippen molar-refractivity contribution in [1.82, 2.24) is 14.6 Å². The van der Waals surface area contributed by atoms with Gasteiger partial charge in [0, 0.05) is 26.5 Å². The number of anilines is 1. The maximum Gasteiger partial charge on any atom is 0.243 e. The molecule has 0 aliphatic heterocycles. The number of nitrogens with one attached hydrogen (secondary N) is 1. The van der Waals surface area contributed by atoms with Gasteiger partial charge in [-0.05, 0) is 25.0 Å². The molecule has 0 saturated carbocycles. The van der Waals surface area contributed by atoms with Crippen LogP contribution in [-0.4, -0.2) is 48.1 Å². The number of fused-ring (bicyclic) bond motifs is 1. The Labute approximate surface area is 112 Å². The summed E-state index contributed by atoms with van der Waals surface area (Å²) in [5.41, 5.74) is 2.01. The van der Waals surface area contributed by atoms with Crippen molar-refractivity contribution in [1.29, 1.82) is 0 Å². The quantitative estimate of drug-likeness (QED) is 0.732. The number of hydrogen-bond acceptors (Lipinski definition) is 5. The van der Waals surface area contributed by atoms with E-state index in [4.69, 9.17) is 9.47 Å². The molecule has 0 radical (unpaired) electrons. The van der Waals surface area contributed by atoms with Gasteiger partial charge in [0.25, 0.3) is 0 Å². The molecule has 0 amide bonds. The number of ether oxygens (including phenoxy) is 2. The van der Waals surface area contributed by atoms with Crippen molar-refractivity contribution in [2.75, 3.05) is 38.8 Å². The topological polar surface area (TPSA) is 60.7 Å². The monoisotopic (exact) mass is 264 g/mol. The van der Waals surface area contributed by atoms with Crippen LogP contribution in [0.3, 0.4) is 0 Å². The second kappa shape index (κ2) is 7.06. The molecule has 0 spiro atoms. The third-order valence-corrected chi connectivity index (χ3v) is 2.74. The SMILES string of the molecule is COCCOCCCNc1nc2c(C)cccn2n1. The minimum atomic E-state index is 0.640. The number of rotatable bonds is 8. The summed E-state index contributed by atoms with van der Waals surface area (Å²) in [6.07, 6.45) is 2.81. The molecule has 0 fully saturated rings. The van der Waals surface area contributed by atoms with Crippen LogP contribution < -0.4 is 5.32 Å². The molecule has 0 unspecified atom stereocenters. The highest BCUT2D eigenvalue weighted by atomic mass is 16.5. The number of methoxy groups -OCH3 is 1. The van der Waals surface area contributed by atoms with Crippen LogP contribution in [-0.2, 0) is 9.47 Å². The van der Waals surface area contributed by atoms with E-state index in [1.54, 1.807) is 11.6 Å². The van der Waals surface area contributed by atoms with Crippen LogP contribution in [0.2, 0.25) is 0 Å². The van der Waals surface area contributed by atoms with Crippen LogP contribution in [0, 0.1) is 6.92 Å². The standard InChI is InChI=1S/C13H20N4O2/c1-11-5-3-7-17-12(11)15-13(16-17)14-6-4-8-19-10-9-18-2/h3,5,7H,4,6,8-10H2,1-2H3,(H,14,16). The van der Waals surface area contributed by atoms with Gasteiger partial charge in [-0.25, -0.2) is 4.52 Å². The molecule has 2 heterocycles. The Hall–Kier alpha value is -1.66. The van der Waals surface area contributed by atoms with E-state index in [0.29, 0.717) is 25.8 Å². The number of aryl methyl sites for hydroxylation is 1. The average molecular weight is 264 g/mol. The van der Waals surface area contributed by atoms with Gasteiger partial charge in [-0.2, -0.15) is 4.98 Å². The highest BCUT2D eigenvalue weighted by molar-refractivity contribution is 5.49. The fraction of sp³-hybridized carbons (Fsp3) is 0.538. The minimum absolute atomic E-state index is 0.640. The molecule has 0 saturated heterocycles. The first kappa shape index (κ1) is 13.8. The zero-order chi connectivity index (χ0) is 13.5. The molecular formula is C13H20N4O2. The Balaban J connectivity index is 1.74. The summed E-state index contributed by atoms with van der Waals surface area (Å²) in [5, 5.41) is 7.55. The van der Waals surface area contributed by atoms with Crippen molar-refractivity contribution in [2.45, 2.75) is 13.3 Å². The Kier molecular flexibility index (Phi) is 5.11. The highest BCUT2D eigenvalue weighted by Crippen LogP contribution is 2.09. The third-order valence-electron chi connectivity index (χ3n) is 2.74. The number of nitrogens with zero attached hydrogens (tertiary/aromatic N) is 3. The summed E-state index contributed by atoms with van der Waals surface area (Å²) in [4.78, 5) is 4.44. The maximum absolute atomic E-state index is 5.38. The highest BCUT2D eigenvalue weighted by Gasteiger charge is 2.04. The van der Waals surface area contributed by atoms with Crippen LogP contribution in [0.5, 0.6) is 0 Å². The lowest BCUT2D eigenvalue weighted by Gasteiger charge is -2.03. The van der Waals surface area contributed by atoms with E-state index in [2.05, 4.69) is 15.4 Å². The van der Waals surface area contributed by atoms with Crippen LogP contribution >= 0.6 is 0 Å². The van der Waals surface area contributed by atoms with Gasteiger partial charge in [-0.3, -0.25) is 0 Å². The van der Waals surface area contributed by atoms with Crippen molar-refractivity contribution in [3.05, 3.63) is 23.9 Å². The van der Waals surface area contributed by atoms with Gasteiger partial charge < -0.3 is 14.8 Å². The first-order valence-corrected chi connectivity index (χ1v) is 6.44. The summed E-state index contributed by atoms with van der Waals surface area (Å²) in [6, 6.07) is 3.99. The van der Waals surface area contributed by atoms with E-state index in [0.717, 1.165) is 24.2 Å². The summed E-state index contributed by atoms with van der Waals surface area (Å²) in [7, 11) is 1.67. The van der Waals surface area contributed by atoms with Gasteiger partial charge in [0.1, 0.15) is 0 Å². The normalized spacial score (nSPS) is 11.1. The molecule has 19 heavy (non-hydrogen) atoms. The molecule has 0 aliphatic rings. The van der Waals surface area contributed by atoms with Crippen LogP contribution in [0.1, 0.15) is 12.0 Å². The zero-order valence-corrected chi connectivity index (χ0v) is 11.4. The van der Waals surface area contributed by atoms with Crippen molar-refractivity contribution in [3.8, 4) is 0 Å². The summed E-state index contributed by atoms with van der Waals surface area (Å²) in [5.74, 6) is 0.659. The minimum Gasteiger partial charge on any atom is -0.382 e. The molecule has 0 aliphatic carbocycles. The van der Waals surface area contributed by atoms with E-state index in [9.17, 15) is 0 Å². The van der Waals surface area contributed by atoms with Gasteiger partial charge in [-0.15, -0.1) is 5.10 Å². The van der Waals surface area contributed by atoms with Crippen molar-refractivity contribution in [3.63, 3.8) is 0 Å². The van der Waals surface area contributed by atoms with Gasteiger partial charge in [0.2, 0.25) is 5.95 Å². The maximum atomic E-state index is 5.38. The number of hydrogen-bond donors (Lipinski definition) is 1. The zero-order valence-electron chi connectivity index (χ0n) is 11.4. The number of aromatic nitrogens is 3. The Morgan fingerprint density at radius 2 is 2.21 bits per heavy atom. The molecule has 0 bridgehead atoms. The van der Waals surface area contributed by atoms with E-state index in [1.165, 1.54) is 0 Å². The van der Waals surface area contributed by atoms with Crippen molar-refractivity contribution in [2.24, 2.45) is 0 Å². The lowest BCUT2D eigenvalue weighted by Crippen LogP contribution is -2.09. The predicted octanol–water partition coefficient (Wildman–Crippen LogP) is 1.50. The molecule has 2 rings (SSSR count). The molecule has 6 heteroatoms. The third kappa shape index (κ3) is 3.90. The largest absolute Gasteiger partial charge is 0.382 e. The predicted molar refractivity (Wildman–Crippen MR) is 73.5 cm³/mol. The fourth-order valence-corrected chi connectivity index (χ4v) is 1.73. The van der Waals surface area contributed by atoms with Gasteiger partial charge in [-0.1, -0.05) is 6.07 Å². The Morgan fingerprint density at radius 1 is 1.32 bits per heavy atom. The van der Waals surface area contributed by atoms with Crippen molar-refractivity contribution < 1.29 is 9.47 Å². The lowest BCUT2D eigenvalue weighted by atomic mass is 10.3. The first-order chi connectivity index (χ1) is 9.31. The molecule has 2 aromatic heterocycles. The average Bonchev–Trinajstić information content (AvgIpc) is 2.82. The second-order valence-electron chi connectivity index (χ2n) is 4.28. The molecule has 2 aromatic rings. The van der Waals surface area contributed by atoms with Crippen LogP contribution in [0.25, 0.3) is 5.65 Å². The van der Waals surface area contributed by atoms with Crippen LogP contribution in [0.4, 0.5) is 5.95 Å². The van der Waals surface area contributed by atoms with E-state index in [-0.39, 0.29) is 0 Å². The number of pyridine rings is 1. The lowest BCUT2D eigenvalue weighted by molar-refractivity contribution is 0.0705. The molecule has 6 nitrogen and oxygen atoms in total. The molecule has 0 atom stereocenters. The molecule has 1 N–H and O–H groups in total. The van der Waals surface area contributed by atoms with E-state index >= 15 is 0 Å².